The second kappa shape index (κ2) is 8.38. The summed E-state index contributed by atoms with van der Waals surface area (Å²) in [6.07, 6.45) is 6.75. The second-order valence-corrected chi connectivity index (χ2v) is 7.88. The number of nitrogens with zero attached hydrogens (tertiary/aromatic N) is 1. The van der Waals surface area contributed by atoms with E-state index in [4.69, 9.17) is 0 Å². The van der Waals surface area contributed by atoms with E-state index in [1.165, 1.54) is 51.7 Å². The monoisotopic (exact) mass is 282 g/mol. The first-order chi connectivity index (χ1) is 9.38. The van der Waals surface area contributed by atoms with Crippen LogP contribution in [0.15, 0.2) is 0 Å². The molecule has 120 valence electrons. The predicted octanol–water partition coefficient (Wildman–Crippen LogP) is 4.30. The Labute approximate surface area is 127 Å². The molecule has 20 heavy (non-hydrogen) atoms. The summed E-state index contributed by atoms with van der Waals surface area (Å²) in [4.78, 5) is 2.76. The van der Waals surface area contributed by atoms with E-state index < -0.39 is 0 Å². The van der Waals surface area contributed by atoms with Crippen LogP contribution in [-0.4, -0.2) is 36.6 Å². The fraction of sp³-hybridized carbons (Fsp3) is 1.00. The third-order valence-electron chi connectivity index (χ3n) is 5.07. The molecule has 0 aromatic heterocycles. The molecule has 1 aliphatic heterocycles. The van der Waals surface area contributed by atoms with Crippen LogP contribution in [0.2, 0.25) is 0 Å². The molecule has 0 aromatic carbocycles. The number of nitrogens with one attached hydrogen (secondary N) is 1. The van der Waals surface area contributed by atoms with Crippen molar-refractivity contribution in [1.29, 1.82) is 0 Å². The maximum atomic E-state index is 3.77. The highest BCUT2D eigenvalue weighted by Crippen LogP contribution is 2.25. The van der Waals surface area contributed by atoms with E-state index >= 15 is 0 Å². The van der Waals surface area contributed by atoms with Crippen molar-refractivity contribution in [2.75, 3.05) is 19.6 Å². The van der Waals surface area contributed by atoms with Gasteiger partial charge in [0.1, 0.15) is 0 Å². The highest BCUT2D eigenvalue weighted by molar-refractivity contribution is 4.88. The maximum absolute atomic E-state index is 3.77. The van der Waals surface area contributed by atoms with Crippen LogP contribution in [0, 0.1) is 11.3 Å². The second-order valence-electron chi connectivity index (χ2n) is 7.88. The number of hydrogen-bond donors (Lipinski definition) is 1. The normalized spacial score (nSPS) is 27.3. The van der Waals surface area contributed by atoms with Crippen LogP contribution in [0.4, 0.5) is 0 Å². The lowest BCUT2D eigenvalue weighted by molar-refractivity contribution is 0.138. The van der Waals surface area contributed by atoms with E-state index in [9.17, 15) is 0 Å². The molecule has 0 spiro atoms. The first-order valence-electron chi connectivity index (χ1n) is 8.85. The lowest BCUT2D eigenvalue weighted by Crippen LogP contribution is -2.48. The predicted molar refractivity (Wildman–Crippen MR) is 90.2 cm³/mol. The van der Waals surface area contributed by atoms with Gasteiger partial charge in [-0.2, -0.15) is 0 Å². The Bertz CT molecular complexity index is 257. The lowest BCUT2D eigenvalue weighted by Gasteiger charge is -2.37. The van der Waals surface area contributed by atoms with Crippen LogP contribution in [0.5, 0.6) is 0 Å². The minimum absolute atomic E-state index is 0.355. The molecule has 0 amide bonds. The zero-order valence-electron chi connectivity index (χ0n) is 14.8. The van der Waals surface area contributed by atoms with Gasteiger partial charge in [-0.1, -0.05) is 53.9 Å². The molecule has 1 fully saturated rings. The van der Waals surface area contributed by atoms with Gasteiger partial charge in [-0.05, 0) is 37.6 Å². The van der Waals surface area contributed by atoms with Gasteiger partial charge < -0.3 is 5.32 Å². The van der Waals surface area contributed by atoms with E-state index in [0.717, 1.165) is 12.0 Å². The van der Waals surface area contributed by atoms with Gasteiger partial charge in [-0.15, -0.1) is 0 Å². The molecule has 0 radical (unpaired) electrons. The summed E-state index contributed by atoms with van der Waals surface area (Å²) in [6.45, 7) is 17.9. The van der Waals surface area contributed by atoms with E-state index in [-0.39, 0.29) is 0 Å². The summed E-state index contributed by atoms with van der Waals surface area (Å²) < 4.78 is 0. The molecule has 0 saturated carbocycles. The van der Waals surface area contributed by atoms with E-state index in [1.54, 1.807) is 0 Å². The van der Waals surface area contributed by atoms with Gasteiger partial charge >= 0.3 is 0 Å². The minimum Gasteiger partial charge on any atom is -0.312 e. The van der Waals surface area contributed by atoms with Gasteiger partial charge in [0.25, 0.3) is 0 Å². The Morgan fingerprint density at radius 3 is 2.50 bits per heavy atom. The molecule has 1 rings (SSSR count). The van der Waals surface area contributed by atoms with E-state index in [1.807, 2.05) is 0 Å². The van der Waals surface area contributed by atoms with E-state index in [2.05, 4.69) is 51.8 Å². The van der Waals surface area contributed by atoms with Gasteiger partial charge in [-0.25, -0.2) is 0 Å². The van der Waals surface area contributed by atoms with Crippen molar-refractivity contribution in [3.05, 3.63) is 0 Å². The maximum Gasteiger partial charge on any atom is 0.0243 e. The quantitative estimate of drug-likeness (QED) is 0.781. The molecule has 3 atom stereocenters. The van der Waals surface area contributed by atoms with Crippen LogP contribution in [0.1, 0.15) is 73.6 Å². The van der Waals surface area contributed by atoms with Gasteiger partial charge in [0.2, 0.25) is 0 Å². The fourth-order valence-corrected chi connectivity index (χ4v) is 3.21. The third-order valence-corrected chi connectivity index (χ3v) is 5.07. The average Bonchev–Trinajstić information content (AvgIpc) is 2.56. The number of rotatable bonds is 6. The highest BCUT2D eigenvalue weighted by Gasteiger charge is 2.31. The smallest absolute Gasteiger partial charge is 0.0243 e. The van der Waals surface area contributed by atoms with Crippen LogP contribution in [0.3, 0.4) is 0 Å². The Kier molecular flexibility index (Phi) is 7.53. The van der Waals surface area contributed by atoms with Gasteiger partial charge in [0.05, 0.1) is 0 Å². The van der Waals surface area contributed by atoms with Crippen LogP contribution in [-0.2, 0) is 0 Å². The largest absolute Gasteiger partial charge is 0.312 e. The molecule has 3 unspecified atom stereocenters. The molecule has 2 nitrogen and oxygen atoms in total. The summed E-state index contributed by atoms with van der Waals surface area (Å²) in [5, 5.41) is 3.77. The summed E-state index contributed by atoms with van der Waals surface area (Å²) >= 11 is 0. The van der Waals surface area contributed by atoms with Crippen molar-refractivity contribution in [3.63, 3.8) is 0 Å². The summed E-state index contributed by atoms with van der Waals surface area (Å²) in [5.41, 5.74) is 0.355. The van der Waals surface area contributed by atoms with Gasteiger partial charge in [0.15, 0.2) is 0 Å². The van der Waals surface area contributed by atoms with Crippen molar-refractivity contribution in [2.24, 2.45) is 11.3 Å². The Morgan fingerprint density at radius 1 is 1.25 bits per heavy atom. The Balaban J connectivity index is 2.63. The van der Waals surface area contributed by atoms with Crippen LogP contribution >= 0.6 is 0 Å². The fourth-order valence-electron chi connectivity index (χ4n) is 3.21. The van der Waals surface area contributed by atoms with Crippen molar-refractivity contribution >= 4 is 0 Å². The average molecular weight is 283 g/mol. The highest BCUT2D eigenvalue weighted by atomic mass is 15.2. The Morgan fingerprint density at radius 2 is 1.95 bits per heavy atom. The van der Waals surface area contributed by atoms with Crippen molar-refractivity contribution in [1.82, 2.24) is 10.2 Å². The topological polar surface area (TPSA) is 15.3 Å². The standard InChI is InChI=1S/C18H38N2/c1-7-9-10-16(8-2)13-20-14-17(18(4,5)6)19-12-11-15(20)3/h15-17,19H,7-14H2,1-6H3. The summed E-state index contributed by atoms with van der Waals surface area (Å²) in [7, 11) is 0. The van der Waals surface area contributed by atoms with Gasteiger partial charge in [0, 0.05) is 25.2 Å². The molecule has 0 bridgehead atoms. The summed E-state index contributed by atoms with van der Waals surface area (Å²) in [6, 6.07) is 1.35. The molecule has 0 aromatic rings. The molecule has 1 saturated heterocycles. The SMILES string of the molecule is CCCCC(CC)CN1CC(C(C)(C)C)NCCC1C. The molecule has 1 N–H and O–H groups in total. The van der Waals surface area contributed by atoms with E-state index in [0.29, 0.717) is 11.5 Å². The first kappa shape index (κ1) is 18.0. The van der Waals surface area contributed by atoms with Gasteiger partial charge in [-0.3, -0.25) is 4.90 Å². The zero-order valence-corrected chi connectivity index (χ0v) is 14.8. The zero-order chi connectivity index (χ0) is 15.2. The number of unbranched alkanes of at least 4 members (excludes halogenated alkanes) is 1. The third kappa shape index (κ3) is 5.73. The molecule has 1 heterocycles. The first-order valence-corrected chi connectivity index (χ1v) is 8.85. The molecular weight excluding hydrogens is 244 g/mol. The van der Waals surface area contributed by atoms with Crippen LogP contribution in [0.25, 0.3) is 0 Å². The van der Waals surface area contributed by atoms with Crippen molar-refractivity contribution in [3.8, 4) is 0 Å². The molecule has 1 aliphatic rings. The minimum atomic E-state index is 0.355. The molecule has 0 aliphatic carbocycles. The molecular formula is C18H38N2. The van der Waals surface area contributed by atoms with Crippen LogP contribution < -0.4 is 5.32 Å². The van der Waals surface area contributed by atoms with Crippen molar-refractivity contribution in [2.45, 2.75) is 85.7 Å². The molecule has 2 heteroatoms. The number of hydrogen-bond acceptors (Lipinski definition) is 2. The van der Waals surface area contributed by atoms with Crippen molar-refractivity contribution < 1.29 is 0 Å². The lowest BCUT2D eigenvalue weighted by atomic mass is 9.86. The summed E-state index contributed by atoms with van der Waals surface area (Å²) in [5.74, 6) is 0.885. The Hall–Kier alpha value is -0.0800.